The van der Waals surface area contributed by atoms with Gasteiger partial charge in [0.15, 0.2) is 11.5 Å². The predicted octanol–water partition coefficient (Wildman–Crippen LogP) is 3.35. The molecular formula is C20H20ClNO8. The van der Waals surface area contributed by atoms with E-state index in [2.05, 4.69) is 0 Å². The SMILES string of the molecule is COc1cc(/C=C/C(=O)O[C@H](CO)CCOc2ccc([N+](=O)[O-])cc2Cl)ccc1O. The van der Waals surface area contributed by atoms with Crippen molar-refractivity contribution in [3.63, 3.8) is 0 Å². The molecule has 0 unspecified atom stereocenters. The van der Waals surface area contributed by atoms with Crippen molar-refractivity contribution in [2.75, 3.05) is 20.3 Å². The molecule has 0 amide bonds. The Balaban J connectivity index is 1.86. The summed E-state index contributed by atoms with van der Waals surface area (Å²) in [6.07, 6.45) is 2.03. The van der Waals surface area contributed by atoms with Crippen molar-refractivity contribution >= 4 is 29.3 Å². The number of nitro groups is 1. The van der Waals surface area contributed by atoms with Crippen molar-refractivity contribution in [1.82, 2.24) is 0 Å². The van der Waals surface area contributed by atoms with Crippen LogP contribution in [-0.2, 0) is 9.53 Å². The summed E-state index contributed by atoms with van der Waals surface area (Å²) in [7, 11) is 1.41. The summed E-state index contributed by atoms with van der Waals surface area (Å²) in [6.45, 7) is -0.348. The molecule has 160 valence electrons. The number of halogens is 1. The number of phenolic OH excluding ortho intramolecular Hbond substituents is 1. The highest BCUT2D eigenvalue weighted by molar-refractivity contribution is 6.32. The lowest BCUT2D eigenvalue weighted by atomic mass is 10.2. The molecule has 0 aliphatic heterocycles. The summed E-state index contributed by atoms with van der Waals surface area (Å²) in [5.41, 5.74) is 0.450. The lowest BCUT2D eigenvalue weighted by molar-refractivity contribution is -0.384. The molecule has 10 heteroatoms. The normalized spacial score (nSPS) is 11.8. The summed E-state index contributed by atoms with van der Waals surface area (Å²) in [6, 6.07) is 8.37. The number of nitrogens with zero attached hydrogens (tertiary/aromatic N) is 1. The Labute approximate surface area is 177 Å². The molecule has 1 atom stereocenters. The van der Waals surface area contributed by atoms with Crippen LogP contribution in [0.25, 0.3) is 6.08 Å². The highest BCUT2D eigenvalue weighted by Gasteiger charge is 2.14. The Morgan fingerprint density at radius 2 is 2.03 bits per heavy atom. The second kappa shape index (κ2) is 11.0. The average Bonchev–Trinajstić information content (AvgIpc) is 2.73. The zero-order valence-electron chi connectivity index (χ0n) is 16.0. The molecule has 2 rings (SSSR count). The number of benzene rings is 2. The minimum Gasteiger partial charge on any atom is -0.504 e. The second-order valence-electron chi connectivity index (χ2n) is 6.02. The van der Waals surface area contributed by atoms with Gasteiger partial charge >= 0.3 is 5.97 Å². The number of carbonyl (C=O) groups excluding carboxylic acids is 1. The standard InChI is InChI=1S/C20H20ClNO8/c1-28-19-10-13(2-5-17(19)24)3-7-20(25)30-15(12-23)8-9-29-18-6-4-14(22(26)27)11-16(18)21/h2-7,10-11,15,23-24H,8-9,12H2,1H3/b7-3+/t15-/m0/s1. The van der Waals surface area contributed by atoms with Gasteiger partial charge in [0.2, 0.25) is 0 Å². The smallest absolute Gasteiger partial charge is 0.331 e. The number of rotatable bonds is 10. The summed E-state index contributed by atoms with van der Waals surface area (Å²) >= 11 is 5.94. The van der Waals surface area contributed by atoms with Gasteiger partial charge in [-0.2, -0.15) is 0 Å². The molecule has 2 aromatic carbocycles. The monoisotopic (exact) mass is 437 g/mol. The van der Waals surface area contributed by atoms with Gasteiger partial charge in [0.25, 0.3) is 5.69 Å². The van der Waals surface area contributed by atoms with E-state index < -0.39 is 23.6 Å². The largest absolute Gasteiger partial charge is 0.504 e. The Morgan fingerprint density at radius 1 is 1.27 bits per heavy atom. The van der Waals surface area contributed by atoms with Crippen LogP contribution in [0.5, 0.6) is 17.2 Å². The first-order valence-electron chi connectivity index (χ1n) is 8.77. The first-order chi connectivity index (χ1) is 14.3. The van der Waals surface area contributed by atoms with Crippen molar-refractivity contribution in [1.29, 1.82) is 0 Å². The average molecular weight is 438 g/mol. The number of aliphatic hydroxyl groups excluding tert-OH is 1. The maximum atomic E-state index is 12.0. The number of aliphatic hydroxyl groups is 1. The molecule has 0 heterocycles. The third kappa shape index (κ3) is 6.64. The van der Waals surface area contributed by atoms with Crippen LogP contribution in [0.4, 0.5) is 5.69 Å². The Bertz CT molecular complexity index is 931. The van der Waals surface area contributed by atoms with E-state index in [0.29, 0.717) is 5.56 Å². The van der Waals surface area contributed by atoms with Crippen LogP contribution in [0.2, 0.25) is 5.02 Å². The second-order valence-corrected chi connectivity index (χ2v) is 6.42. The number of aromatic hydroxyl groups is 1. The van der Waals surface area contributed by atoms with Gasteiger partial charge in [0, 0.05) is 24.6 Å². The van der Waals surface area contributed by atoms with Crippen molar-refractivity contribution in [3.05, 3.63) is 63.2 Å². The molecule has 0 spiro atoms. The van der Waals surface area contributed by atoms with E-state index in [4.69, 9.17) is 25.8 Å². The molecule has 0 saturated carbocycles. The molecule has 0 aliphatic carbocycles. The van der Waals surface area contributed by atoms with Gasteiger partial charge in [-0.05, 0) is 29.8 Å². The van der Waals surface area contributed by atoms with E-state index in [-0.39, 0.29) is 41.0 Å². The highest BCUT2D eigenvalue weighted by Crippen LogP contribution is 2.29. The van der Waals surface area contributed by atoms with Crippen molar-refractivity contribution in [3.8, 4) is 17.2 Å². The first-order valence-corrected chi connectivity index (χ1v) is 9.15. The third-order valence-electron chi connectivity index (χ3n) is 3.93. The van der Waals surface area contributed by atoms with E-state index in [1.807, 2.05) is 0 Å². The molecule has 0 saturated heterocycles. The van der Waals surface area contributed by atoms with Crippen molar-refractivity contribution in [2.24, 2.45) is 0 Å². The fraction of sp³-hybridized carbons (Fsp3) is 0.250. The number of non-ortho nitro benzene ring substituents is 1. The topological polar surface area (TPSA) is 128 Å². The molecule has 30 heavy (non-hydrogen) atoms. The summed E-state index contributed by atoms with van der Waals surface area (Å²) in [4.78, 5) is 22.1. The molecule has 0 aliphatic rings. The van der Waals surface area contributed by atoms with Crippen LogP contribution < -0.4 is 9.47 Å². The number of methoxy groups -OCH3 is 1. The molecule has 0 fully saturated rings. The summed E-state index contributed by atoms with van der Waals surface area (Å²) in [5.74, 6) is -0.188. The van der Waals surface area contributed by atoms with E-state index >= 15 is 0 Å². The molecule has 2 N–H and O–H groups in total. The third-order valence-corrected chi connectivity index (χ3v) is 4.22. The van der Waals surface area contributed by atoms with Crippen LogP contribution in [0.15, 0.2) is 42.5 Å². The van der Waals surface area contributed by atoms with Crippen LogP contribution in [0.1, 0.15) is 12.0 Å². The molecule has 0 aromatic heterocycles. The van der Waals surface area contributed by atoms with Gasteiger partial charge in [-0.3, -0.25) is 10.1 Å². The summed E-state index contributed by atoms with van der Waals surface area (Å²) in [5, 5.41) is 29.8. The maximum Gasteiger partial charge on any atom is 0.331 e. The number of esters is 1. The zero-order valence-corrected chi connectivity index (χ0v) is 16.7. The van der Waals surface area contributed by atoms with E-state index in [1.165, 1.54) is 43.5 Å². The van der Waals surface area contributed by atoms with Crippen molar-refractivity contribution < 1.29 is 34.1 Å². The van der Waals surface area contributed by atoms with Crippen LogP contribution >= 0.6 is 11.6 Å². The molecule has 0 radical (unpaired) electrons. The van der Waals surface area contributed by atoms with Gasteiger partial charge in [-0.15, -0.1) is 0 Å². The van der Waals surface area contributed by atoms with Gasteiger partial charge in [-0.1, -0.05) is 17.7 Å². The van der Waals surface area contributed by atoms with E-state index in [1.54, 1.807) is 12.1 Å². The number of nitro benzene ring substituents is 1. The van der Waals surface area contributed by atoms with Gasteiger partial charge in [0.1, 0.15) is 11.9 Å². The Hall–Kier alpha value is -3.30. The van der Waals surface area contributed by atoms with Crippen molar-refractivity contribution in [2.45, 2.75) is 12.5 Å². The fourth-order valence-electron chi connectivity index (χ4n) is 2.37. The van der Waals surface area contributed by atoms with E-state index in [9.17, 15) is 25.1 Å². The lowest BCUT2D eigenvalue weighted by Gasteiger charge is -2.15. The minimum absolute atomic E-state index is 0.0225. The molecule has 0 bridgehead atoms. The van der Waals surface area contributed by atoms with Gasteiger partial charge in [0.05, 0.1) is 30.3 Å². The minimum atomic E-state index is -0.812. The quantitative estimate of drug-likeness (QED) is 0.250. The number of hydrogen-bond donors (Lipinski definition) is 2. The Kier molecular flexibility index (Phi) is 8.45. The highest BCUT2D eigenvalue weighted by atomic mass is 35.5. The van der Waals surface area contributed by atoms with Crippen LogP contribution in [-0.4, -0.2) is 47.5 Å². The number of carbonyl (C=O) groups is 1. The van der Waals surface area contributed by atoms with E-state index in [0.717, 1.165) is 0 Å². The Morgan fingerprint density at radius 3 is 2.67 bits per heavy atom. The lowest BCUT2D eigenvalue weighted by Crippen LogP contribution is -2.23. The first kappa shape index (κ1) is 23.0. The van der Waals surface area contributed by atoms with Gasteiger partial charge in [-0.25, -0.2) is 4.79 Å². The number of hydrogen-bond acceptors (Lipinski definition) is 8. The molecule has 2 aromatic rings. The van der Waals surface area contributed by atoms with Crippen LogP contribution in [0.3, 0.4) is 0 Å². The zero-order chi connectivity index (χ0) is 22.1. The predicted molar refractivity (Wildman–Crippen MR) is 109 cm³/mol. The number of phenols is 1. The molecular weight excluding hydrogens is 418 g/mol. The maximum absolute atomic E-state index is 12.0. The number of ether oxygens (including phenoxy) is 3. The van der Waals surface area contributed by atoms with Crippen LogP contribution in [0, 0.1) is 10.1 Å². The summed E-state index contributed by atoms with van der Waals surface area (Å²) < 4.78 is 15.6. The fourth-order valence-corrected chi connectivity index (χ4v) is 2.60. The molecule has 9 nitrogen and oxygen atoms in total. The van der Waals surface area contributed by atoms with Gasteiger partial charge < -0.3 is 24.4 Å².